The zero-order valence-corrected chi connectivity index (χ0v) is 10.3. The Kier molecular flexibility index (Phi) is 5.86. The predicted octanol–water partition coefficient (Wildman–Crippen LogP) is 1.57. The molecule has 1 aromatic heterocycles. The molecule has 1 aromatic rings. The summed E-state index contributed by atoms with van der Waals surface area (Å²) in [5, 5.41) is 22.4. The van der Waals surface area contributed by atoms with Gasteiger partial charge in [-0.05, 0) is 6.42 Å². The molecule has 0 aliphatic rings. The van der Waals surface area contributed by atoms with Crippen molar-refractivity contribution >= 4 is 11.5 Å². The van der Waals surface area contributed by atoms with Crippen molar-refractivity contribution in [3.8, 4) is 5.88 Å². The highest BCUT2D eigenvalue weighted by Gasteiger charge is 2.11. The number of nitro groups is 1. The van der Waals surface area contributed by atoms with E-state index in [1.165, 1.54) is 12.1 Å². The summed E-state index contributed by atoms with van der Waals surface area (Å²) < 4.78 is 5.24. The smallest absolute Gasteiger partial charge is 0.278 e. The predicted molar refractivity (Wildman–Crippen MR) is 66.9 cm³/mol. The van der Waals surface area contributed by atoms with Gasteiger partial charge in [-0.2, -0.15) is 4.98 Å². The van der Waals surface area contributed by atoms with E-state index in [0.717, 1.165) is 6.42 Å². The maximum Gasteiger partial charge on any atom is 0.278 e. The van der Waals surface area contributed by atoms with Crippen LogP contribution in [0.25, 0.3) is 0 Å². The number of rotatable bonds is 8. The van der Waals surface area contributed by atoms with Crippen molar-refractivity contribution in [1.82, 2.24) is 4.98 Å². The molecule has 1 rings (SSSR count). The van der Waals surface area contributed by atoms with Gasteiger partial charge in [0.25, 0.3) is 5.69 Å². The number of ether oxygens (including phenoxy) is 1. The summed E-state index contributed by atoms with van der Waals surface area (Å²) >= 11 is 0. The third-order valence-electron chi connectivity index (χ3n) is 2.11. The fourth-order valence-corrected chi connectivity index (χ4v) is 1.26. The lowest BCUT2D eigenvalue weighted by Crippen LogP contribution is -2.06. The number of hydrogen-bond acceptors (Lipinski definition) is 6. The molecular weight excluding hydrogens is 238 g/mol. The minimum absolute atomic E-state index is 0.00979. The number of aromatic nitrogens is 1. The van der Waals surface area contributed by atoms with Crippen molar-refractivity contribution in [3.63, 3.8) is 0 Å². The van der Waals surface area contributed by atoms with Gasteiger partial charge in [0.05, 0.1) is 23.7 Å². The standard InChI is InChI=1S/C11H17N3O4/c1-2-4-12-10-7-9(14(16)17)8-11(13-10)18-6-3-5-15/h7-8,15H,2-6H2,1H3,(H,12,13). The van der Waals surface area contributed by atoms with E-state index in [1.54, 1.807) is 0 Å². The van der Waals surface area contributed by atoms with Crippen LogP contribution >= 0.6 is 0 Å². The van der Waals surface area contributed by atoms with Crippen molar-refractivity contribution < 1.29 is 14.8 Å². The van der Waals surface area contributed by atoms with Crippen LogP contribution in [-0.2, 0) is 0 Å². The van der Waals surface area contributed by atoms with E-state index in [4.69, 9.17) is 9.84 Å². The third kappa shape index (κ3) is 4.54. The van der Waals surface area contributed by atoms with Crippen LogP contribution in [0.15, 0.2) is 12.1 Å². The van der Waals surface area contributed by atoms with Crippen molar-refractivity contribution in [3.05, 3.63) is 22.2 Å². The summed E-state index contributed by atoms with van der Waals surface area (Å²) in [5.74, 6) is 0.612. The molecule has 1 heterocycles. The Bertz CT molecular complexity index is 398. The van der Waals surface area contributed by atoms with Crippen molar-refractivity contribution in [1.29, 1.82) is 0 Å². The molecule has 2 N–H and O–H groups in total. The molecule has 0 radical (unpaired) electrons. The summed E-state index contributed by atoms with van der Waals surface area (Å²) in [6.07, 6.45) is 1.35. The van der Waals surface area contributed by atoms with Gasteiger partial charge >= 0.3 is 0 Å². The Morgan fingerprint density at radius 2 is 2.33 bits per heavy atom. The topological polar surface area (TPSA) is 97.5 Å². The zero-order chi connectivity index (χ0) is 13.4. The molecule has 0 aromatic carbocycles. The lowest BCUT2D eigenvalue weighted by atomic mass is 10.3. The summed E-state index contributed by atoms with van der Waals surface area (Å²) in [7, 11) is 0. The molecule has 0 spiro atoms. The molecule has 0 atom stereocenters. The minimum atomic E-state index is -0.488. The quantitative estimate of drug-likeness (QED) is 0.415. The van der Waals surface area contributed by atoms with E-state index in [1.807, 2.05) is 6.92 Å². The molecule has 0 bridgehead atoms. The number of anilines is 1. The Morgan fingerprint density at radius 1 is 1.56 bits per heavy atom. The average Bonchev–Trinajstić information content (AvgIpc) is 2.36. The summed E-state index contributed by atoms with van der Waals surface area (Å²) in [4.78, 5) is 14.4. The van der Waals surface area contributed by atoms with E-state index in [9.17, 15) is 10.1 Å². The van der Waals surface area contributed by atoms with Gasteiger partial charge in [0.2, 0.25) is 5.88 Å². The van der Waals surface area contributed by atoms with Crippen LogP contribution in [0.5, 0.6) is 5.88 Å². The lowest BCUT2D eigenvalue weighted by Gasteiger charge is -2.08. The normalized spacial score (nSPS) is 10.1. The van der Waals surface area contributed by atoms with Crippen molar-refractivity contribution in [2.75, 3.05) is 25.1 Å². The second kappa shape index (κ2) is 7.44. The Labute approximate surface area is 105 Å². The molecule has 100 valence electrons. The largest absolute Gasteiger partial charge is 0.477 e. The molecule has 0 amide bonds. The number of hydrogen-bond donors (Lipinski definition) is 2. The Balaban J connectivity index is 2.80. The molecular formula is C11H17N3O4. The molecule has 18 heavy (non-hydrogen) atoms. The second-order valence-electron chi connectivity index (χ2n) is 3.66. The van der Waals surface area contributed by atoms with Gasteiger partial charge in [-0.25, -0.2) is 0 Å². The van der Waals surface area contributed by atoms with Crippen molar-refractivity contribution in [2.45, 2.75) is 19.8 Å². The fourth-order valence-electron chi connectivity index (χ4n) is 1.26. The molecule has 0 aliphatic heterocycles. The first-order chi connectivity index (χ1) is 8.67. The summed E-state index contributed by atoms with van der Waals surface area (Å²) in [5.41, 5.74) is -0.0670. The van der Waals surface area contributed by atoms with Gasteiger partial charge in [-0.1, -0.05) is 6.92 Å². The molecule has 0 aliphatic carbocycles. The summed E-state index contributed by atoms with van der Waals surface area (Å²) in [6.45, 7) is 2.96. The van der Waals surface area contributed by atoms with E-state index in [2.05, 4.69) is 10.3 Å². The zero-order valence-electron chi connectivity index (χ0n) is 10.3. The van der Waals surface area contributed by atoms with E-state index in [-0.39, 0.29) is 24.8 Å². The van der Waals surface area contributed by atoms with Crippen LogP contribution in [-0.4, -0.2) is 34.8 Å². The lowest BCUT2D eigenvalue weighted by molar-refractivity contribution is -0.384. The fraction of sp³-hybridized carbons (Fsp3) is 0.545. The highest BCUT2D eigenvalue weighted by Crippen LogP contribution is 2.22. The van der Waals surface area contributed by atoms with Gasteiger partial charge in [0.15, 0.2) is 0 Å². The van der Waals surface area contributed by atoms with Gasteiger partial charge in [-0.3, -0.25) is 10.1 Å². The van der Waals surface area contributed by atoms with Crippen LogP contribution in [0.4, 0.5) is 11.5 Å². The maximum atomic E-state index is 10.8. The first-order valence-electron chi connectivity index (χ1n) is 5.81. The average molecular weight is 255 g/mol. The van der Waals surface area contributed by atoms with E-state index in [0.29, 0.717) is 18.8 Å². The Hall–Kier alpha value is -1.89. The molecule has 7 heteroatoms. The van der Waals surface area contributed by atoms with Gasteiger partial charge < -0.3 is 15.2 Å². The van der Waals surface area contributed by atoms with Crippen LogP contribution in [0.2, 0.25) is 0 Å². The van der Waals surface area contributed by atoms with Crippen LogP contribution in [0.3, 0.4) is 0 Å². The molecule has 0 saturated carbocycles. The minimum Gasteiger partial charge on any atom is -0.477 e. The van der Waals surface area contributed by atoms with Crippen LogP contribution < -0.4 is 10.1 Å². The number of nitrogens with zero attached hydrogens (tertiary/aromatic N) is 2. The van der Waals surface area contributed by atoms with Crippen molar-refractivity contribution in [2.24, 2.45) is 0 Å². The summed E-state index contributed by atoms with van der Waals surface area (Å²) in [6, 6.07) is 2.64. The van der Waals surface area contributed by atoms with Gasteiger partial charge in [-0.15, -0.1) is 0 Å². The number of nitrogens with one attached hydrogen (secondary N) is 1. The second-order valence-corrected chi connectivity index (χ2v) is 3.66. The SMILES string of the molecule is CCCNc1cc([N+](=O)[O-])cc(OCCCO)n1. The molecule has 0 fully saturated rings. The number of pyridine rings is 1. The first kappa shape index (κ1) is 14.2. The molecule has 7 nitrogen and oxygen atoms in total. The number of aliphatic hydroxyl groups is 1. The van der Waals surface area contributed by atoms with Gasteiger partial charge in [0.1, 0.15) is 5.82 Å². The van der Waals surface area contributed by atoms with Crippen LogP contribution in [0, 0.1) is 10.1 Å². The monoisotopic (exact) mass is 255 g/mol. The van der Waals surface area contributed by atoms with Crippen LogP contribution in [0.1, 0.15) is 19.8 Å². The highest BCUT2D eigenvalue weighted by atomic mass is 16.6. The van der Waals surface area contributed by atoms with Gasteiger partial charge in [0, 0.05) is 19.6 Å². The highest BCUT2D eigenvalue weighted by molar-refractivity contribution is 5.48. The number of aliphatic hydroxyl groups excluding tert-OH is 1. The Morgan fingerprint density at radius 3 is 2.94 bits per heavy atom. The first-order valence-corrected chi connectivity index (χ1v) is 5.81. The van der Waals surface area contributed by atoms with E-state index >= 15 is 0 Å². The third-order valence-corrected chi connectivity index (χ3v) is 2.11. The maximum absolute atomic E-state index is 10.8. The van der Waals surface area contributed by atoms with E-state index < -0.39 is 4.92 Å². The molecule has 0 saturated heterocycles. The molecule has 0 unspecified atom stereocenters.